The maximum absolute atomic E-state index is 4.81. The Bertz CT molecular complexity index is 348. The van der Waals surface area contributed by atoms with Gasteiger partial charge in [-0.05, 0) is 25.0 Å². The van der Waals surface area contributed by atoms with Gasteiger partial charge in [0.05, 0.1) is 5.69 Å². The minimum absolute atomic E-state index is 0.523. The molecule has 0 fully saturated rings. The van der Waals surface area contributed by atoms with Crippen LogP contribution in [0.25, 0.3) is 0 Å². The van der Waals surface area contributed by atoms with Crippen LogP contribution in [0.4, 0.5) is 0 Å². The third-order valence-electron chi connectivity index (χ3n) is 2.97. The standard InChI is InChI=1S/C14H26N2S2/c1-6-11(5)15-8-12-14(10(3)4)16-13(18-12)9-17-7-2/h10-11,15H,6-9H2,1-5H3. The third kappa shape index (κ3) is 4.90. The molecule has 0 spiro atoms. The average Bonchev–Trinajstić information content (AvgIpc) is 2.76. The molecule has 0 saturated heterocycles. The molecule has 0 amide bonds. The molecule has 0 aliphatic rings. The van der Waals surface area contributed by atoms with Crippen LogP contribution in [-0.2, 0) is 12.3 Å². The van der Waals surface area contributed by atoms with Gasteiger partial charge in [-0.1, -0.05) is 27.7 Å². The molecule has 1 atom stereocenters. The lowest BCUT2D eigenvalue weighted by Gasteiger charge is -2.11. The second kappa shape index (κ2) is 8.18. The zero-order valence-electron chi connectivity index (χ0n) is 12.2. The highest BCUT2D eigenvalue weighted by molar-refractivity contribution is 7.98. The van der Waals surface area contributed by atoms with Crippen LogP contribution in [0.5, 0.6) is 0 Å². The summed E-state index contributed by atoms with van der Waals surface area (Å²) < 4.78 is 0. The van der Waals surface area contributed by atoms with Crippen molar-refractivity contribution in [2.24, 2.45) is 0 Å². The Balaban J connectivity index is 2.71. The van der Waals surface area contributed by atoms with Crippen LogP contribution in [0.1, 0.15) is 62.5 Å². The fourth-order valence-electron chi connectivity index (χ4n) is 1.65. The molecule has 18 heavy (non-hydrogen) atoms. The first-order valence-electron chi connectivity index (χ1n) is 6.88. The molecule has 1 aromatic rings. The van der Waals surface area contributed by atoms with Gasteiger partial charge in [-0.25, -0.2) is 4.98 Å². The van der Waals surface area contributed by atoms with Crippen LogP contribution < -0.4 is 5.32 Å². The van der Waals surface area contributed by atoms with Crippen molar-refractivity contribution in [2.75, 3.05) is 5.75 Å². The minimum Gasteiger partial charge on any atom is -0.309 e. The van der Waals surface area contributed by atoms with Gasteiger partial charge < -0.3 is 5.32 Å². The van der Waals surface area contributed by atoms with E-state index in [0.717, 1.165) is 18.1 Å². The normalized spacial score (nSPS) is 13.2. The monoisotopic (exact) mass is 286 g/mol. The molecule has 1 rings (SSSR count). The number of hydrogen-bond donors (Lipinski definition) is 1. The van der Waals surface area contributed by atoms with Crippen molar-refractivity contribution in [1.29, 1.82) is 0 Å². The van der Waals surface area contributed by atoms with Crippen molar-refractivity contribution in [3.63, 3.8) is 0 Å². The number of thiazole rings is 1. The minimum atomic E-state index is 0.523. The Kier molecular flexibility index (Phi) is 7.27. The van der Waals surface area contributed by atoms with Gasteiger partial charge in [-0.15, -0.1) is 11.3 Å². The van der Waals surface area contributed by atoms with Crippen LogP contribution in [-0.4, -0.2) is 16.8 Å². The molecule has 1 unspecified atom stereocenters. The maximum Gasteiger partial charge on any atom is 0.103 e. The van der Waals surface area contributed by atoms with E-state index in [2.05, 4.69) is 39.9 Å². The van der Waals surface area contributed by atoms with Crippen LogP contribution >= 0.6 is 23.1 Å². The van der Waals surface area contributed by atoms with Gasteiger partial charge in [-0.2, -0.15) is 11.8 Å². The third-order valence-corrected chi connectivity index (χ3v) is 5.11. The lowest BCUT2D eigenvalue weighted by atomic mass is 10.1. The van der Waals surface area contributed by atoms with Crippen molar-refractivity contribution in [1.82, 2.24) is 10.3 Å². The van der Waals surface area contributed by atoms with Crippen LogP contribution in [0.15, 0.2) is 0 Å². The number of nitrogens with one attached hydrogen (secondary N) is 1. The second-order valence-electron chi connectivity index (χ2n) is 4.90. The first-order valence-corrected chi connectivity index (χ1v) is 8.85. The van der Waals surface area contributed by atoms with E-state index in [1.165, 1.54) is 22.0 Å². The van der Waals surface area contributed by atoms with Gasteiger partial charge in [-0.3, -0.25) is 0 Å². The zero-order valence-corrected chi connectivity index (χ0v) is 13.9. The number of rotatable bonds is 8. The molecule has 0 saturated carbocycles. The van der Waals surface area contributed by atoms with E-state index in [9.17, 15) is 0 Å². The Morgan fingerprint density at radius 1 is 1.28 bits per heavy atom. The highest BCUT2D eigenvalue weighted by Gasteiger charge is 2.14. The molecule has 0 radical (unpaired) electrons. The van der Waals surface area contributed by atoms with Gasteiger partial charge in [0.1, 0.15) is 5.01 Å². The predicted molar refractivity (Wildman–Crippen MR) is 84.6 cm³/mol. The Morgan fingerprint density at radius 3 is 2.56 bits per heavy atom. The van der Waals surface area contributed by atoms with E-state index >= 15 is 0 Å². The van der Waals surface area contributed by atoms with Crippen LogP contribution in [0.2, 0.25) is 0 Å². The van der Waals surface area contributed by atoms with Crippen molar-refractivity contribution < 1.29 is 0 Å². The van der Waals surface area contributed by atoms with Gasteiger partial charge >= 0.3 is 0 Å². The molecule has 0 aliphatic carbocycles. The lowest BCUT2D eigenvalue weighted by Crippen LogP contribution is -2.24. The molecule has 0 bridgehead atoms. The highest BCUT2D eigenvalue weighted by Crippen LogP contribution is 2.27. The fourth-order valence-corrected chi connectivity index (χ4v) is 3.55. The Hall–Kier alpha value is -0.0600. The van der Waals surface area contributed by atoms with Gasteiger partial charge in [0.15, 0.2) is 0 Å². The molecular formula is C14H26N2S2. The van der Waals surface area contributed by atoms with Crippen LogP contribution in [0, 0.1) is 0 Å². The molecule has 0 aromatic carbocycles. The van der Waals surface area contributed by atoms with E-state index in [0.29, 0.717) is 12.0 Å². The topological polar surface area (TPSA) is 24.9 Å². The number of hydrogen-bond acceptors (Lipinski definition) is 4. The summed E-state index contributed by atoms with van der Waals surface area (Å²) in [5, 5.41) is 4.86. The summed E-state index contributed by atoms with van der Waals surface area (Å²) in [4.78, 5) is 6.24. The van der Waals surface area contributed by atoms with Crippen molar-refractivity contribution >= 4 is 23.1 Å². The Labute approximate surface area is 120 Å². The van der Waals surface area contributed by atoms with Gasteiger partial charge in [0, 0.05) is 23.2 Å². The Morgan fingerprint density at radius 2 is 2.00 bits per heavy atom. The lowest BCUT2D eigenvalue weighted by molar-refractivity contribution is 0.534. The van der Waals surface area contributed by atoms with Crippen molar-refractivity contribution in [2.45, 2.75) is 65.3 Å². The van der Waals surface area contributed by atoms with Crippen molar-refractivity contribution in [3.8, 4) is 0 Å². The average molecular weight is 287 g/mol. The first-order chi connectivity index (χ1) is 8.58. The van der Waals surface area contributed by atoms with Crippen LogP contribution in [0.3, 0.4) is 0 Å². The predicted octanol–water partition coefficient (Wildman–Crippen LogP) is 4.41. The quantitative estimate of drug-likeness (QED) is 0.766. The molecule has 104 valence electrons. The number of thioether (sulfide) groups is 1. The number of aromatic nitrogens is 1. The summed E-state index contributed by atoms with van der Waals surface area (Å²) in [5.74, 6) is 2.75. The molecule has 1 N–H and O–H groups in total. The zero-order chi connectivity index (χ0) is 13.5. The van der Waals surface area contributed by atoms with E-state index in [1.54, 1.807) is 0 Å². The summed E-state index contributed by atoms with van der Waals surface area (Å²) in [6, 6.07) is 0.584. The largest absolute Gasteiger partial charge is 0.309 e. The molecular weight excluding hydrogens is 260 g/mol. The van der Waals surface area contributed by atoms with E-state index in [1.807, 2.05) is 23.1 Å². The smallest absolute Gasteiger partial charge is 0.103 e. The fraction of sp³-hybridized carbons (Fsp3) is 0.786. The highest BCUT2D eigenvalue weighted by atomic mass is 32.2. The maximum atomic E-state index is 4.81. The van der Waals surface area contributed by atoms with Gasteiger partial charge in [0.2, 0.25) is 0 Å². The molecule has 1 aromatic heterocycles. The van der Waals surface area contributed by atoms with E-state index < -0.39 is 0 Å². The molecule has 2 nitrogen and oxygen atoms in total. The summed E-state index contributed by atoms with van der Waals surface area (Å²) in [6.45, 7) is 12.1. The van der Waals surface area contributed by atoms with E-state index in [-0.39, 0.29) is 0 Å². The molecule has 1 heterocycles. The summed E-state index contributed by atoms with van der Waals surface area (Å²) >= 11 is 3.84. The second-order valence-corrected chi connectivity index (χ2v) is 7.34. The summed E-state index contributed by atoms with van der Waals surface area (Å²) in [5.41, 5.74) is 1.29. The first kappa shape index (κ1) is 16.0. The SMILES string of the molecule is CCSCc1nc(C(C)C)c(CNC(C)CC)s1. The summed E-state index contributed by atoms with van der Waals surface area (Å²) in [6.07, 6.45) is 1.17. The van der Waals surface area contributed by atoms with Crippen molar-refractivity contribution in [3.05, 3.63) is 15.6 Å². The molecule has 4 heteroatoms. The van der Waals surface area contributed by atoms with E-state index in [4.69, 9.17) is 4.98 Å². The van der Waals surface area contributed by atoms with Gasteiger partial charge in [0.25, 0.3) is 0 Å². The number of nitrogens with zero attached hydrogens (tertiary/aromatic N) is 1. The summed E-state index contributed by atoms with van der Waals surface area (Å²) in [7, 11) is 0. The molecule has 0 aliphatic heterocycles.